The Labute approximate surface area is 145 Å². The van der Waals surface area contributed by atoms with Crippen molar-refractivity contribution in [2.75, 3.05) is 0 Å². The number of carbonyl (C=O) groups excluding carboxylic acids is 1. The van der Waals surface area contributed by atoms with E-state index in [1.165, 1.54) is 12.0 Å². The maximum Gasteiger partial charge on any atom is 0.311 e. The molecule has 1 aliphatic carbocycles. The monoisotopic (exact) mass is 330 g/mol. The molecular formula is C20H30N2O2. The number of rotatable bonds is 5. The number of ether oxygens (including phenoxy) is 1. The molecule has 0 amide bonds. The van der Waals surface area contributed by atoms with Crippen LogP contribution in [0.1, 0.15) is 71.3 Å². The molecule has 1 aliphatic rings. The largest absolute Gasteiger partial charge is 0.427 e. The summed E-state index contributed by atoms with van der Waals surface area (Å²) in [6, 6.07) is 7.70. The van der Waals surface area contributed by atoms with Crippen LogP contribution in [0.15, 0.2) is 24.3 Å². The van der Waals surface area contributed by atoms with Crippen molar-refractivity contribution in [2.24, 2.45) is 11.1 Å². The van der Waals surface area contributed by atoms with Gasteiger partial charge in [0, 0.05) is 11.8 Å². The van der Waals surface area contributed by atoms with Crippen LogP contribution < -0.4 is 10.5 Å². The van der Waals surface area contributed by atoms with E-state index in [-0.39, 0.29) is 22.6 Å². The quantitative estimate of drug-likeness (QED) is 0.360. The molecule has 0 aliphatic heterocycles. The molecular weight excluding hydrogens is 300 g/mol. The minimum absolute atomic E-state index is 0.0807. The molecule has 0 radical (unpaired) electrons. The fraction of sp³-hybridized carbons (Fsp3) is 0.600. The summed E-state index contributed by atoms with van der Waals surface area (Å²) in [5, 5.41) is 7.91. The first kappa shape index (κ1) is 18.5. The summed E-state index contributed by atoms with van der Waals surface area (Å²) in [4.78, 5) is 12.2. The molecule has 0 spiro atoms. The van der Waals surface area contributed by atoms with Crippen molar-refractivity contribution in [3.8, 4) is 5.75 Å². The molecule has 4 heteroatoms. The highest BCUT2D eigenvalue weighted by atomic mass is 16.5. The van der Waals surface area contributed by atoms with Gasteiger partial charge in [0.05, 0.1) is 5.84 Å². The first-order chi connectivity index (χ1) is 11.2. The Morgan fingerprint density at radius 1 is 1.17 bits per heavy atom. The Morgan fingerprint density at radius 3 is 2.25 bits per heavy atom. The number of esters is 1. The van der Waals surface area contributed by atoms with Crippen molar-refractivity contribution < 1.29 is 9.53 Å². The van der Waals surface area contributed by atoms with Gasteiger partial charge >= 0.3 is 5.97 Å². The summed E-state index contributed by atoms with van der Waals surface area (Å²) in [7, 11) is 0. The van der Waals surface area contributed by atoms with Crippen LogP contribution in [0.5, 0.6) is 5.75 Å². The SMILES string of the molecule is CC(C)(C)c1ccc(OC(=O)CCC2(C(=N)N)CCCCC2)cc1. The third-order valence-electron chi connectivity index (χ3n) is 5.14. The smallest absolute Gasteiger partial charge is 0.311 e. The van der Waals surface area contributed by atoms with Gasteiger partial charge in [0.1, 0.15) is 5.75 Å². The van der Waals surface area contributed by atoms with Gasteiger partial charge in [0.25, 0.3) is 0 Å². The van der Waals surface area contributed by atoms with E-state index in [1.807, 2.05) is 24.3 Å². The maximum atomic E-state index is 12.2. The normalized spacial score (nSPS) is 17.3. The molecule has 0 heterocycles. The van der Waals surface area contributed by atoms with E-state index < -0.39 is 0 Å². The first-order valence-corrected chi connectivity index (χ1v) is 8.89. The summed E-state index contributed by atoms with van der Waals surface area (Å²) >= 11 is 0. The fourth-order valence-corrected chi connectivity index (χ4v) is 3.43. The number of carbonyl (C=O) groups is 1. The number of nitrogens with one attached hydrogen (secondary N) is 1. The van der Waals surface area contributed by atoms with Crippen LogP contribution >= 0.6 is 0 Å². The number of benzene rings is 1. The van der Waals surface area contributed by atoms with Gasteiger partial charge in [0.15, 0.2) is 0 Å². The van der Waals surface area contributed by atoms with E-state index >= 15 is 0 Å². The van der Waals surface area contributed by atoms with Gasteiger partial charge in [-0.05, 0) is 42.4 Å². The fourth-order valence-electron chi connectivity index (χ4n) is 3.43. The van der Waals surface area contributed by atoms with E-state index in [9.17, 15) is 4.79 Å². The molecule has 3 N–H and O–H groups in total. The van der Waals surface area contributed by atoms with Crippen LogP contribution in [0.4, 0.5) is 0 Å². The summed E-state index contributed by atoms with van der Waals surface area (Å²) in [5.74, 6) is 0.558. The Hall–Kier alpha value is -1.84. The Balaban J connectivity index is 1.92. The van der Waals surface area contributed by atoms with E-state index in [1.54, 1.807) is 0 Å². The van der Waals surface area contributed by atoms with Crippen molar-refractivity contribution in [3.63, 3.8) is 0 Å². The van der Waals surface area contributed by atoms with Crippen molar-refractivity contribution in [2.45, 2.75) is 71.1 Å². The lowest BCUT2D eigenvalue weighted by Crippen LogP contribution is -2.39. The second-order valence-electron chi connectivity index (χ2n) is 8.00. The third-order valence-corrected chi connectivity index (χ3v) is 5.14. The second-order valence-corrected chi connectivity index (χ2v) is 8.00. The van der Waals surface area contributed by atoms with Crippen molar-refractivity contribution >= 4 is 11.8 Å². The van der Waals surface area contributed by atoms with Gasteiger partial charge in [-0.1, -0.05) is 52.2 Å². The number of hydrogen-bond acceptors (Lipinski definition) is 3. The van der Waals surface area contributed by atoms with Gasteiger partial charge in [-0.25, -0.2) is 0 Å². The molecule has 0 bridgehead atoms. The minimum atomic E-state index is -0.298. The molecule has 1 aromatic carbocycles. The molecule has 4 nitrogen and oxygen atoms in total. The Morgan fingerprint density at radius 2 is 1.75 bits per heavy atom. The number of nitrogens with two attached hydrogens (primary N) is 1. The zero-order valence-electron chi connectivity index (χ0n) is 15.2. The average molecular weight is 330 g/mol. The van der Waals surface area contributed by atoms with E-state index in [2.05, 4.69) is 20.8 Å². The molecule has 1 aromatic rings. The van der Waals surface area contributed by atoms with Gasteiger partial charge in [-0.3, -0.25) is 10.2 Å². The molecule has 0 atom stereocenters. The number of amidine groups is 1. The highest BCUT2D eigenvalue weighted by Crippen LogP contribution is 2.40. The molecule has 0 aromatic heterocycles. The van der Waals surface area contributed by atoms with E-state index in [4.69, 9.17) is 15.9 Å². The lowest BCUT2D eigenvalue weighted by Gasteiger charge is -2.36. The van der Waals surface area contributed by atoms with Crippen molar-refractivity contribution in [1.29, 1.82) is 5.41 Å². The molecule has 132 valence electrons. The van der Waals surface area contributed by atoms with E-state index in [0.717, 1.165) is 25.7 Å². The standard InChI is InChI=1S/C20H30N2O2/c1-19(2,3)15-7-9-16(10-8-15)24-17(23)11-14-20(18(21)22)12-5-4-6-13-20/h7-10H,4-6,11-14H2,1-3H3,(H3,21,22). The summed E-state index contributed by atoms with van der Waals surface area (Å²) < 4.78 is 5.45. The minimum Gasteiger partial charge on any atom is -0.427 e. The van der Waals surface area contributed by atoms with Gasteiger partial charge in [-0.15, -0.1) is 0 Å². The van der Waals surface area contributed by atoms with Crippen LogP contribution in [-0.4, -0.2) is 11.8 Å². The lowest BCUT2D eigenvalue weighted by atomic mass is 9.70. The topological polar surface area (TPSA) is 76.2 Å². The van der Waals surface area contributed by atoms with Crippen molar-refractivity contribution in [1.82, 2.24) is 0 Å². The van der Waals surface area contributed by atoms with Gasteiger partial charge in [0.2, 0.25) is 0 Å². The summed E-state index contributed by atoms with van der Waals surface area (Å²) in [6.45, 7) is 6.46. The van der Waals surface area contributed by atoms with Crippen LogP contribution in [-0.2, 0) is 10.2 Å². The molecule has 2 rings (SSSR count). The van der Waals surface area contributed by atoms with Gasteiger partial charge < -0.3 is 10.5 Å². The third kappa shape index (κ3) is 4.59. The molecule has 0 saturated heterocycles. The van der Waals surface area contributed by atoms with Crippen molar-refractivity contribution in [3.05, 3.63) is 29.8 Å². The van der Waals surface area contributed by atoms with Crippen LogP contribution in [0.25, 0.3) is 0 Å². The van der Waals surface area contributed by atoms with Gasteiger partial charge in [-0.2, -0.15) is 0 Å². The molecule has 1 saturated carbocycles. The highest BCUT2D eigenvalue weighted by molar-refractivity contribution is 5.84. The summed E-state index contributed by atoms with van der Waals surface area (Å²) in [5.41, 5.74) is 6.82. The van der Waals surface area contributed by atoms with E-state index in [0.29, 0.717) is 18.6 Å². The Bertz CT molecular complexity index is 579. The second kappa shape index (κ2) is 7.37. The summed E-state index contributed by atoms with van der Waals surface area (Å²) in [6.07, 6.45) is 6.11. The maximum absolute atomic E-state index is 12.2. The zero-order chi connectivity index (χ0) is 17.8. The highest BCUT2D eigenvalue weighted by Gasteiger charge is 2.35. The van der Waals surface area contributed by atoms with Crippen LogP contribution in [0, 0.1) is 10.8 Å². The lowest BCUT2D eigenvalue weighted by molar-refractivity contribution is -0.134. The predicted octanol–water partition coefficient (Wildman–Crippen LogP) is 4.56. The molecule has 1 fully saturated rings. The Kier molecular flexibility index (Phi) is 5.68. The predicted molar refractivity (Wildman–Crippen MR) is 97.4 cm³/mol. The zero-order valence-corrected chi connectivity index (χ0v) is 15.2. The number of hydrogen-bond donors (Lipinski definition) is 2. The van der Waals surface area contributed by atoms with Crippen LogP contribution in [0.2, 0.25) is 0 Å². The first-order valence-electron chi connectivity index (χ1n) is 8.89. The molecule has 0 unspecified atom stereocenters. The van der Waals surface area contributed by atoms with Crippen LogP contribution in [0.3, 0.4) is 0 Å². The molecule has 24 heavy (non-hydrogen) atoms. The average Bonchev–Trinajstić information content (AvgIpc) is 2.53.